The zero-order valence-corrected chi connectivity index (χ0v) is 56.1. The number of amides is 2. The standard InChI is InChI=1S/C72H82Br2N2O2S4/c1-9-17-27-43(13-5)37-71(38-44(14-6)28-18-10-2)51-35-53(73)79-63(51)67-59(71)55-49(47-31-23-21-24-32-47)41-75-61(65(55)81-67)57-58(70(75)78)62-66-56(50(42-76(62)69(57)77)48-33-25-22-26-34-48)60-68(82-66)64-52(36-54(74)80-64)72(60,39-45(15-7)29-19-11-3)40-46(16-8)30-20-12-4/h21-26,31-36,41-46H,9-20,27-30,37-40H2,1-8H3. The minimum Gasteiger partial charge on any atom is -0.281 e. The van der Waals surface area contributed by atoms with Crippen LogP contribution < -0.4 is 0 Å². The van der Waals surface area contributed by atoms with E-state index in [0.717, 1.165) is 94.8 Å². The van der Waals surface area contributed by atoms with Gasteiger partial charge in [0.2, 0.25) is 0 Å². The van der Waals surface area contributed by atoms with E-state index in [1.807, 2.05) is 55.1 Å². The Morgan fingerprint density at radius 3 is 1.07 bits per heavy atom. The lowest BCUT2D eigenvalue weighted by Gasteiger charge is -2.39. The summed E-state index contributed by atoms with van der Waals surface area (Å²) in [7, 11) is 0. The highest BCUT2D eigenvalue weighted by Crippen LogP contribution is 2.69. The van der Waals surface area contributed by atoms with Crippen molar-refractivity contribution in [2.45, 2.75) is 195 Å². The number of halogens is 2. The molecule has 0 saturated carbocycles. The first-order valence-corrected chi connectivity index (χ1v) is 36.5. The van der Waals surface area contributed by atoms with Gasteiger partial charge in [-0.1, -0.05) is 219 Å². The number of benzene rings is 2. The average molecular weight is 1300 g/mol. The Morgan fingerprint density at radius 1 is 0.439 bits per heavy atom. The molecular weight excluding hydrogens is 1210 g/mol. The molecule has 6 aliphatic rings. The predicted molar refractivity (Wildman–Crippen MR) is 358 cm³/mol. The van der Waals surface area contributed by atoms with Crippen LogP contribution in [-0.4, -0.2) is 21.6 Å². The van der Waals surface area contributed by atoms with Crippen LogP contribution >= 0.6 is 77.2 Å². The second kappa shape index (κ2) is 24.1. The first-order valence-electron chi connectivity index (χ1n) is 31.6. The number of nitrogens with zero attached hydrogens (tertiary/aromatic N) is 2. The Morgan fingerprint density at radius 2 is 0.768 bits per heavy atom. The molecule has 4 aliphatic heterocycles. The van der Waals surface area contributed by atoms with Crippen molar-refractivity contribution in [3.8, 4) is 19.5 Å². The molecule has 4 nitrogen and oxygen atoms in total. The third kappa shape index (κ3) is 9.54. The van der Waals surface area contributed by atoms with Crippen LogP contribution in [-0.2, 0) is 20.4 Å². The van der Waals surface area contributed by atoms with Crippen molar-refractivity contribution in [2.24, 2.45) is 23.7 Å². The van der Waals surface area contributed by atoms with Crippen LogP contribution in [0.4, 0.5) is 0 Å². The fraction of sp³-hybridized carbons (Fsp3) is 0.472. The van der Waals surface area contributed by atoms with Crippen LogP contribution in [0, 0.1) is 23.7 Å². The quantitative estimate of drug-likeness (QED) is 0.0543. The van der Waals surface area contributed by atoms with Gasteiger partial charge in [0.05, 0.1) is 49.6 Å². The molecule has 2 aromatic carbocycles. The van der Waals surface area contributed by atoms with Gasteiger partial charge in [0.1, 0.15) is 0 Å². The van der Waals surface area contributed by atoms with Crippen molar-refractivity contribution in [1.29, 1.82) is 0 Å². The van der Waals surface area contributed by atoms with Crippen LogP contribution in [0.25, 0.3) is 42.0 Å². The van der Waals surface area contributed by atoms with Gasteiger partial charge in [-0.05, 0) is 127 Å². The fourth-order valence-corrected chi connectivity index (χ4v) is 22.5. The number of fused-ring (bicyclic) bond motifs is 15. The highest BCUT2D eigenvalue weighted by Gasteiger charge is 2.58. The molecule has 0 saturated heterocycles. The van der Waals surface area contributed by atoms with Gasteiger partial charge in [0, 0.05) is 55.3 Å². The average Bonchev–Trinajstić information content (AvgIpc) is 4.44. The third-order valence-electron chi connectivity index (χ3n) is 20.1. The van der Waals surface area contributed by atoms with Gasteiger partial charge in [-0.3, -0.25) is 19.4 Å². The molecule has 10 heteroatoms. The topological polar surface area (TPSA) is 40.6 Å². The summed E-state index contributed by atoms with van der Waals surface area (Å²) >= 11 is 15.6. The molecule has 4 aromatic heterocycles. The Bertz CT molecular complexity index is 3280. The van der Waals surface area contributed by atoms with E-state index in [2.05, 4.69) is 172 Å². The number of hydrogen-bond donors (Lipinski definition) is 0. The molecule has 2 amide bonds. The van der Waals surface area contributed by atoms with Crippen molar-refractivity contribution < 1.29 is 9.59 Å². The van der Waals surface area contributed by atoms with E-state index in [9.17, 15) is 0 Å². The summed E-state index contributed by atoms with van der Waals surface area (Å²) in [6.07, 6.45) is 27.9. The van der Waals surface area contributed by atoms with Crippen molar-refractivity contribution in [3.05, 3.63) is 158 Å². The Labute approximate surface area is 522 Å². The number of rotatable bonds is 26. The second-order valence-electron chi connectivity index (χ2n) is 24.9. The minimum atomic E-state index is -0.231. The molecule has 0 fully saturated rings. The van der Waals surface area contributed by atoms with Gasteiger partial charge in [0.25, 0.3) is 11.8 Å². The van der Waals surface area contributed by atoms with Crippen molar-refractivity contribution in [3.63, 3.8) is 0 Å². The predicted octanol–water partition coefficient (Wildman–Crippen LogP) is 23.0. The summed E-state index contributed by atoms with van der Waals surface area (Å²) in [6.45, 7) is 19.0. The molecule has 82 heavy (non-hydrogen) atoms. The summed E-state index contributed by atoms with van der Waals surface area (Å²) in [6, 6.07) is 26.7. The van der Waals surface area contributed by atoms with E-state index in [0.29, 0.717) is 34.8 Å². The molecule has 2 aliphatic carbocycles. The fourth-order valence-electron chi connectivity index (χ4n) is 15.8. The van der Waals surface area contributed by atoms with Gasteiger partial charge >= 0.3 is 0 Å². The van der Waals surface area contributed by atoms with Crippen molar-refractivity contribution >= 4 is 112 Å². The Balaban J connectivity index is 1.13. The summed E-state index contributed by atoms with van der Waals surface area (Å²) in [5.41, 5.74) is 15.0. The number of hydrogen-bond acceptors (Lipinski definition) is 6. The SMILES string of the molecule is CCCCC(CC)CC1(CC(CC)CCCC)c2cc(Br)sc2-c2sc3c(c21)C(c1ccccc1)=CN1C(=O)C2=C4c5sc6c(c5C(c5ccccc5)=CN4C(=O)C2=C31)C(CC(CC)CCCC)(CC(CC)CCCC)c1cc(Br)sc1-6. The van der Waals surface area contributed by atoms with Gasteiger partial charge in [-0.15, -0.1) is 45.3 Å². The lowest BCUT2D eigenvalue weighted by atomic mass is 9.64. The van der Waals surface area contributed by atoms with Crippen LogP contribution in [0.15, 0.2) is 104 Å². The summed E-state index contributed by atoms with van der Waals surface area (Å²) in [5.74, 6) is 2.05. The smallest absolute Gasteiger partial charge is 0.265 e. The van der Waals surface area contributed by atoms with Crippen molar-refractivity contribution in [2.75, 3.05) is 0 Å². The summed E-state index contributed by atoms with van der Waals surface area (Å²) < 4.78 is 2.36. The van der Waals surface area contributed by atoms with Gasteiger partial charge in [-0.2, -0.15) is 0 Å². The van der Waals surface area contributed by atoms with E-state index in [1.165, 1.54) is 138 Å². The molecule has 8 heterocycles. The first-order chi connectivity index (χ1) is 39.9. The molecule has 4 atom stereocenters. The number of unbranched alkanes of at least 4 members (excludes halogenated alkanes) is 4. The van der Waals surface area contributed by atoms with Gasteiger partial charge < -0.3 is 0 Å². The zero-order chi connectivity index (χ0) is 57.2. The van der Waals surface area contributed by atoms with E-state index in [4.69, 9.17) is 0 Å². The number of carbonyl (C=O) groups is 2. The van der Waals surface area contributed by atoms with E-state index in [1.54, 1.807) is 0 Å². The maximum Gasteiger partial charge on any atom is 0.265 e. The molecule has 0 bridgehead atoms. The Kier molecular flexibility index (Phi) is 17.2. The molecule has 12 rings (SSSR count). The number of thiophene rings is 4. The lowest BCUT2D eigenvalue weighted by molar-refractivity contribution is -0.122. The maximum absolute atomic E-state index is 16.3. The second-order valence-corrected chi connectivity index (χ2v) is 31.8. The normalized spacial score (nSPS) is 20.5. The highest BCUT2D eigenvalue weighted by atomic mass is 79.9. The van der Waals surface area contributed by atoms with E-state index in [-0.39, 0.29) is 22.6 Å². The molecule has 0 radical (unpaired) electrons. The molecule has 6 aromatic rings. The van der Waals surface area contributed by atoms with Crippen molar-refractivity contribution in [1.82, 2.24) is 9.80 Å². The Hall–Kier alpha value is -3.90. The van der Waals surface area contributed by atoms with E-state index < -0.39 is 0 Å². The largest absolute Gasteiger partial charge is 0.281 e. The number of carbonyl (C=O) groups excluding carboxylic acids is 2. The molecule has 430 valence electrons. The van der Waals surface area contributed by atoms with Crippen LogP contribution in [0.3, 0.4) is 0 Å². The van der Waals surface area contributed by atoms with Crippen LogP contribution in [0.5, 0.6) is 0 Å². The molecule has 0 N–H and O–H groups in total. The summed E-state index contributed by atoms with van der Waals surface area (Å²) in [5, 5.41) is 0. The monoisotopic (exact) mass is 1290 g/mol. The highest BCUT2D eigenvalue weighted by molar-refractivity contribution is 9.11. The maximum atomic E-state index is 16.3. The summed E-state index contributed by atoms with van der Waals surface area (Å²) in [4.78, 5) is 44.0. The van der Waals surface area contributed by atoms with E-state index >= 15 is 9.59 Å². The molecule has 0 spiro atoms. The molecular formula is C72H82Br2N2O2S4. The minimum absolute atomic E-state index is 0.0938. The first kappa shape index (κ1) is 58.5. The zero-order valence-electron chi connectivity index (χ0n) is 49.6. The van der Waals surface area contributed by atoms with Crippen LogP contribution in [0.2, 0.25) is 0 Å². The van der Waals surface area contributed by atoms with Gasteiger partial charge in [0.15, 0.2) is 0 Å². The van der Waals surface area contributed by atoms with Crippen LogP contribution in [0.1, 0.15) is 238 Å². The third-order valence-corrected chi connectivity index (χ3v) is 26.1. The lowest BCUT2D eigenvalue weighted by Crippen LogP contribution is -2.33. The van der Waals surface area contributed by atoms with Gasteiger partial charge in [-0.25, -0.2) is 0 Å². The molecule has 4 unspecified atom stereocenters.